The van der Waals surface area contributed by atoms with E-state index in [1.54, 1.807) is 37.3 Å². The second kappa shape index (κ2) is 6.80. The summed E-state index contributed by atoms with van der Waals surface area (Å²) in [5, 5.41) is 10.6. The minimum atomic E-state index is -0.969. The predicted molar refractivity (Wildman–Crippen MR) is 88.6 cm³/mol. The van der Waals surface area contributed by atoms with Crippen LogP contribution in [-0.2, 0) is 6.54 Å². The zero-order valence-electron chi connectivity index (χ0n) is 13.1. The van der Waals surface area contributed by atoms with Gasteiger partial charge in [-0.15, -0.1) is 0 Å². The molecule has 124 valence electrons. The van der Waals surface area contributed by atoms with Crippen LogP contribution in [0.2, 0.25) is 0 Å². The van der Waals surface area contributed by atoms with E-state index in [2.05, 4.69) is 4.98 Å². The Morgan fingerprint density at radius 2 is 1.92 bits per heavy atom. The third-order valence-electron chi connectivity index (χ3n) is 3.71. The van der Waals surface area contributed by atoms with E-state index in [1.165, 1.54) is 16.7 Å². The molecule has 5 nitrogen and oxygen atoms in total. The van der Waals surface area contributed by atoms with Crippen molar-refractivity contribution in [1.82, 2.24) is 9.55 Å². The minimum absolute atomic E-state index is 0.0248. The molecule has 0 saturated heterocycles. The molecule has 3 aromatic rings. The van der Waals surface area contributed by atoms with Crippen LogP contribution in [0, 0.1) is 12.7 Å². The number of aliphatic hydroxyl groups excluding tert-OH is 1. The number of hydrogen-bond acceptors (Lipinski definition) is 4. The Morgan fingerprint density at radius 1 is 1.21 bits per heavy atom. The lowest BCUT2D eigenvalue weighted by atomic mass is 10.2. The highest BCUT2D eigenvalue weighted by Gasteiger charge is 2.13. The van der Waals surface area contributed by atoms with Crippen molar-refractivity contribution in [2.45, 2.75) is 19.6 Å². The lowest BCUT2D eigenvalue weighted by Crippen LogP contribution is -2.32. The molecule has 0 aliphatic rings. The van der Waals surface area contributed by atoms with E-state index in [0.29, 0.717) is 16.7 Å². The van der Waals surface area contributed by atoms with Gasteiger partial charge < -0.3 is 9.84 Å². The van der Waals surface area contributed by atoms with Gasteiger partial charge >= 0.3 is 0 Å². The largest absolute Gasteiger partial charge is 0.488 e. The third-order valence-corrected chi connectivity index (χ3v) is 3.71. The predicted octanol–water partition coefficient (Wildman–Crippen LogP) is 2.28. The van der Waals surface area contributed by atoms with Gasteiger partial charge in [0, 0.05) is 0 Å². The number of para-hydroxylation sites is 2. The highest BCUT2D eigenvalue weighted by atomic mass is 19.1. The van der Waals surface area contributed by atoms with Gasteiger partial charge in [0.25, 0.3) is 5.56 Å². The lowest BCUT2D eigenvalue weighted by molar-refractivity contribution is 0.0889. The van der Waals surface area contributed by atoms with Crippen LogP contribution in [0.15, 0.2) is 53.3 Å². The second-order valence-corrected chi connectivity index (χ2v) is 5.49. The quantitative estimate of drug-likeness (QED) is 0.780. The Bertz CT molecular complexity index is 924. The van der Waals surface area contributed by atoms with Gasteiger partial charge in [-0.25, -0.2) is 9.37 Å². The number of benzene rings is 2. The van der Waals surface area contributed by atoms with E-state index >= 15 is 0 Å². The molecule has 0 unspecified atom stereocenters. The molecule has 0 aliphatic heterocycles. The first-order valence-corrected chi connectivity index (χ1v) is 7.58. The van der Waals surface area contributed by atoms with Gasteiger partial charge in [-0.1, -0.05) is 24.3 Å². The molecule has 0 radical (unpaired) electrons. The number of halogens is 1. The summed E-state index contributed by atoms with van der Waals surface area (Å²) in [6, 6.07) is 13.0. The van der Waals surface area contributed by atoms with E-state index < -0.39 is 11.9 Å². The number of fused-ring (bicyclic) bond motifs is 1. The van der Waals surface area contributed by atoms with Crippen molar-refractivity contribution in [3.63, 3.8) is 0 Å². The average Bonchev–Trinajstić information content (AvgIpc) is 2.58. The van der Waals surface area contributed by atoms with Crippen molar-refractivity contribution in [1.29, 1.82) is 0 Å². The summed E-state index contributed by atoms with van der Waals surface area (Å²) in [4.78, 5) is 16.9. The summed E-state index contributed by atoms with van der Waals surface area (Å²) in [5.41, 5.74) is 0.399. The first kappa shape index (κ1) is 16.1. The fourth-order valence-electron chi connectivity index (χ4n) is 2.51. The van der Waals surface area contributed by atoms with Crippen molar-refractivity contribution in [3.8, 4) is 5.75 Å². The maximum atomic E-state index is 13.5. The number of aromatic nitrogens is 2. The number of ether oxygens (including phenoxy) is 1. The Labute approximate surface area is 138 Å². The van der Waals surface area contributed by atoms with Crippen LogP contribution in [0.1, 0.15) is 5.82 Å². The maximum Gasteiger partial charge on any atom is 0.261 e. The molecule has 0 amide bonds. The highest BCUT2D eigenvalue weighted by molar-refractivity contribution is 5.77. The van der Waals surface area contributed by atoms with Crippen LogP contribution in [0.4, 0.5) is 4.39 Å². The summed E-state index contributed by atoms with van der Waals surface area (Å²) in [5.74, 6) is 0.0753. The van der Waals surface area contributed by atoms with Crippen molar-refractivity contribution in [2.75, 3.05) is 6.61 Å². The van der Waals surface area contributed by atoms with Gasteiger partial charge in [-0.05, 0) is 31.2 Å². The fourth-order valence-corrected chi connectivity index (χ4v) is 2.51. The molecule has 1 N–H and O–H groups in total. The number of aliphatic hydroxyl groups is 1. The molecule has 24 heavy (non-hydrogen) atoms. The molecule has 1 aromatic heterocycles. The molecule has 1 heterocycles. The van der Waals surface area contributed by atoms with Crippen molar-refractivity contribution in [3.05, 3.63) is 70.5 Å². The second-order valence-electron chi connectivity index (χ2n) is 5.49. The third kappa shape index (κ3) is 3.28. The van der Waals surface area contributed by atoms with Crippen LogP contribution in [-0.4, -0.2) is 27.4 Å². The van der Waals surface area contributed by atoms with Gasteiger partial charge in [-0.2, -0.15) is 0 Å². The van der Waals surface area contributed by atoms with Crippen LogP contribution in [0.5, 0.6) is 5.75 Å². The van der Waals surface area contributed by atoms with Crippen molar-refractivity contribution < 1.29 is 14.2 Å². The van der Waals surface area contributed by atoms with E-state index in [9.17, 15) is 14.3 Å². The molecular formula is C18H17FN2O3. The van der Waals surface area contributed by atoms with Crippen LogP contribution in [0.3, 0.4) is 0 Å². The van der Waals surface area contributed by atoms with Crippen LogP contribution < -0.4 is 10.3 Å². The van der Waals surface area contributed by atoms with Crippen molar-refractivity contribution >= 4 is 10.9 Å². The molecule has 3 rings (SSSR count). The van der Waals surface area contributed by atoms with Crippen molar-refractivity contribution in [2.24, 2.45) is 0 Å². The Hall–Kier alpha value is -2.73. The van der Waals surface area contributed by atoms with Gasteiger partial charge in [0.05, 0.1) is 17.4 Å². The average molecular weight is 328 g/mol. The van der Waals surface area contributed by atoms with E-state index in [4.69, 9.17) is 4.74 Å². The first-order valence-electron chi connectivity index (χ1n) is 7.58. The first-order chi connectivity index (χ1) is 11.6. The van der Waals surface area contributed by atoms with Gasteiger partial charge in [0.15, 0.2) is 11.6 Å². The van der Waals surface area contributed by atoms with Gasteiger partial charge in [0.1, 0.15) is 18.5 Å². The highest BCUT2D eigenvalue weighted by Crippen LogP contribution is 2.15. The Kier molecular flexibility index (Phi) is 4.57. The minimum Gasteiger partial charge on any atom is -0.488 e. The monoisotopic (exact) mass is 328 g/mol. The summed E-state index contributed by atoms with van der Waals surface area (Å²) in [7, 11) is 0. The molecule has 0 fully saturated rings. The summed E-state index contributed by atoms with van der Waals surface area (Å²) in [6.07, 6.45) is -0.969. The SMILES string of the molecule is Cc1nc2ccccc2c(=O)n1C[C@H](O)COc1ccccc1F. The molecule has 6 heteroatoms. The van der Waals surface area contributed by atoms with Gasteiger partial charge in [0.2, 0.25) is 0 Å². The lowest BCUT2D eigenvalue weighted by Gasteiger charge is -2.16. The van der Waals surface area contributed by atoms with E-state index in [1.807, 2.05) is 6.07 Å². The zero-order valence-corrected chi connectivity index (χ0v) is 13.1. The van der Waals surface area contributed by atoms with E-state index in [-0.39, 0.29) is 24.5 Å². The Morgan fingerprint density at radius 3 is 2.71 bits per heavy atom. The summed E-state index contributed by atoms with van der Waals surface area (Å²) >= 11 is 0. The molecule has 0 saturated carbocycles. The standard InChI is InChI=1S/C18H17FN2O3/c1-12-20-16-8-4-2-6-14(16)18(23)21(12)10-13(22)11-24-17-9-5-3-7-15(17)19/h2-9,13,22H,10-11H2,1H3/t13-/m0/s1. The fraction of sp³-hybridized carbons (Fsp3) is 0.222. The number of hydrogen-bond donors (Lipinski definition) is 1. The molecule has 2 aromatic carbocycles. The van der Waals surface area contributed by atoms with Gasteiger partial charge in [-0.3, -0.25) is 9.36 Å². The topological polar surface area (TPSA) is 64.4 Å². The van der Waals surface area contributed by atoms with E-state index in [0.717, 1.165) is 0 Å². The number of aryl methyl sites for hydroxylation is 1. The maximum absolute atomic E-state index is 13.5. The molecule has 0 bridgehead atoms. The molecule has 0 aliphatic carbocycles. The zero-order chi connectivity index (χ0) is 17.1. The molecule has 1 atom stereocenters. The van der Waals surface area contributed by atoms with Crippen LogP contribution in [0.25, 0.3) is 10.9 Å². The van der Waals surface area contributed by atoms with Crippen LogP contribution >= 0.6 is 0 Å². The normalized spacial score (nSPS) is 12.3. The number of rotatable bonds is 5. The summed E-state index contributed by atoms with van der Waals surface area (Å²) in [6.45, 7) is 1.61. The summed E-state index contributed by atoms with van der Waals surface area (Å²) < 4.78 is 20.2. The molecular weight excluding hydrogens is 311 g/mol. The Balaban J connectivity index is 1.77. The smallest absolute Gasteiger partial charge is 0.261 e. The number of nitrogens with zero attached hydrogens (tertiary/aromatic N) is 2. The molecule has 0 spiro atoms.